The topological polar surface area (TPSA) is 49.4 Å². The molecule has 2 aliphatic rings. The Labute approximate surface area is 129 Å². The molecule has 1 saturated heterocycles. The maximum absolute atomic E-state index is 12.9. The Bertz CT molecular complexity index is 554. The number of carbonyl (C=O) groups excluding carboxylic acids is 2. The Morgan fingerprint density at radius 1 is 1.18 bits per heavy atom. The van der Waals surface area contributed by atoms with Crippen LogP contribution >= 0.6 is 0 Å². The highest BCUT2D eigenvalue weighted by atomic mass is 19.1. The second-order valence-electron chi connectivity index (χ2n) is 6.15. The molecule has 1 aliphatic heterocycles. The fourth-order valence-corrected chi connectivity index (χ4v) is 2.91. The third kappa shape index (κ3) is 3.64. The minimum atomic E-state index is -0.304. The average Bonchev–Trinajstić information content (AvgIpc) is 3.18. The van der Waals surface area contributed by atoms with Crippen molar-refractivity contribution in [2.24, 2.45) is 0 Å². The zero-order chi connectivity index (χ0) is 15.5. The van der Waals surface area contributed by atoms with Crippen LogP contribution in [0.5, 0.6) is 0 Å². The maximum atomic E-state index is 12.9. The summed E-state index contributed by atoms with van der Waals surface area (Å²) in [4.78, 5) is 26.3. The molecule has 3 rings (SSSR count). The fourth-order valence-electron chi connectivity index (χ4n) is 2.91. The van der Waals surface area contributed by atoms with Crippen molar-refractivity contribution in [1.29, 1.82) is 0 Å². The summed E-state index contributed by atoms with van der Waals surface area (Å²) in [5.41, 5.74) is 0.938. The molecule has 0 spiro atoms. The van der Waals surface area contributed by atoms with Crippen molar-refractivity contribution in [3.05, 3.63) is 35.6 Å². The van der Waals surface area contributed by atoms with Gasteiger partial charge in [0.25, 0.3) is 0 Å². The molecule has 1 aromatic carbocycles. The van der Waals surface area contributed by atoms with Crippen molar-refractivity contribution in [3.8, 4) is 0 Å². The molecule has 1 aliphatic carbocycles. The SMILES string of the molecule is O=C(NC1CC1)C1CCCN1C(=O)CCc1ccc(F)cc1. The van der Waals surface area contributed by atoms with Crippen molar-refractivity contribution in [1.82, 2.24) is 10.2 Å². The molecule has 1 atom stereocenters. The first-order chi connectivity index (χ1) is 10.6. The van der Waals surface area contributed by atoms with Crippen LogP contribution in [0.3, 0.4) is 0 Å². The van der Waals surface area contributed by atoms with E-state index in [0.717, 1.165) is 31.2 Å². The van der Waals surface area contributed by atoms with E-state index >= 15 is 0 Å². The minimum absolute atomic E-state index is 0.00451. The number of amides is 2. The van der Waals surface area contributed by atoms with Gasteiger partial charge >= 0.3 is 0 Å². The second-order valence-corrected chi connectivity index (χ2v) is 6.15. The molecular formula is C17H21FN2O2. The number of hydrogen-bond acceptors (Lipinski definition) is 2. The number of nitrogens with one attached hydrogen (secondary N) is 1. The van der Waals surface area contributed by atoms with Gasteiger partial charge in [0.2, 0.25) is 11.8 Å². The number of carbonyl (C=O) groups is 2. The van der Waals surface area contributed by atoms with E-state index in [-0.39, 0.29) is 23.7 Å². The average molecular weight is 304 g/mol. The van der Waals surface area contributed by atoms with Gasteiger partial charge in [-0.25, -0.2) is 4.39 Å². The van der Waals surface area contributed by atoms with E-state index in [4.69, 9.17) is 0 Å². The molecule has 1 heterocycles. The van der Waals surface area contributed by atoms with Crippen molar-refractivity contribution in [2.75, 3.05) is 6.54 Å². The highest BCUT2D eigenvalue weighted by Crippen LogP contribution is 2.23. The van der Waals surface area contributed by atoms with E-state index in [1.807, 2.05) is 0 Å². The summed E-state index contributed by atoms with van der Waals surface area (Å²) in [6, 6.07) is 6.22. The van der Waals surface area contributed by atoms with Crippen molar-refractivity contribution in [2.45, 2.75) is 50.6 Å². The van der Waals surface area contributed by atoms with Gasteiger partial charge in [0, 0.05) is 19.0 Å². The van der Waals surface area contributed by atoms with Crippen molar-refractivity contribution < 1.29 is 14.0 Å². The van der Waals surface area contributed by atoms with Crippen LogP contribution in [0.4, 0.5) is 4.39 Å². The highest BCUT2D eigenvalue weighted by molar-refractivity contribution is 5.88. The van der Waals surface area contributed by atoms with Crippen LogP contribution in [0, 0.1) is 5.82 Å². The minimum Gasteiger partial charge on any atom is -0.352 e. The van der Waals surface area contributed by atoms with Gasteiger partial charge < -0.3 is 10.2 Å². The number of halogens is 1. The van der Waals surface area contributed by atoms with Gasteiger partial charge in [-0.1, -0.05) is 12.1 Å². The predicted molar refractivity (Wildman–Crippen MR) is 80.6 cm³/mol. The van der Waals surface area contributed by atoms with Crippen molar-refractivity contribution >= 4 is 11.8 Å². The zero-order valence-electron chi connectivity index (χ0n) is 12.6. The first-order valence-electron chi connectivity index (χ1n) is 7.98. The van der Waals surface area contributed by atoms with Crippen LogP contribution < -0.4 is 5.32 Å². The van der Waals surface area contributed by atoms with Crippen LogP contribution in [0.1, 0.15) is 37.7 Å². The highest BCUT2D eigenvalue weighted by Gasteiger charge is 2.36. The van der Waals surface area contributed by atoms with Gasteiger partial charge in [-0.05, 0) is 49.8 Å². The fraction of sp³-hybridized carbons (Fsp3) is 0.529. The molecule has 1 unspecified atom stereocenters. The van der Waals surface area contributed by atoms with Crippen LogP contribution in [0.15, 0.2) is 24.3 Å². The summed E-state index contributed by atoms with van der Waals surface area (Å²) in [6.07, 6.45) is 4.67. The van der Waals surface area contributed by atoms with Gasteiger partial charge in [0.1, 0.15) is 11.9 Å². The normalized spacial score (nSPS) is 21.0. The van der Waals surface area contributed by atoms with Crippen LogP contribution in [-0.4, -0.2) is 35.3 Å². The molecule has 0 bridgehead atoms. The van der Waals surface area contributed by atoms with Gasteiger partial charge in [-0.15, -0.1) is 0 Å². The molecule has 118 valence electrons. The van der Waals surface area contributed by atoms with Gasteiger partial charge in [0.15, 0.2) is 0 Å². The first-order valence-corrected chi connectivity index (χ1v) is 7.98. The standard InChI is InChI=1S/C17H21FN2O2/c18-13-6-3-12(4-7-13)5-10-16(21)20-11-1-2-15(20)17(22)19-14-8-9-14/h3-4,6-7,14-15H,1-2,5,8-11H2,(H,19,22). The zero-order valence-corrected chi connectivity index (χ0v) is 12.6. The Hall–Kier alpha value is -1.91. The Balaban J connectivity index is 1.53. The lowest BCUT2D eigenvalue weighted by molar-refractivity contribution is -0.138. The summed E-state index contributed by atoms with van der Waals surface area (Å²) >= 11 is 0. The molecule has 2 fully saturated rings. The number of benzene rings is 1. The van der Waals surface area contributed by atoms with E-state index in [1.165, 1.54) is 12.1 Å². The molecule has 4 nitrogen and oxygen atoms in total. The number of rotatable bonds is 5. The Kier molecular flexibility index (Phi) is 4.41. The van der Waals surface area contributed by atoms with Gasteiger partial charge in [-0.3, -0.25) is 9.59 Å². The number of aryl methyl sites for hydroxylation is 1. The summed E-state index contributed by atoms with van der Waals surface area (Å²) in [7, 11) is 0. The van der Waals surface area contributed by atoms with Crippen molar-refractivity contribution in [3.63, 3.8) is 0 Å². The van der Waals surface area contributed by atoms with Gasteiger partial charge in [-0.2, -0.15) is 0 Å². The molecule has 2 amide bonds. The van der Waals surface area contributed by atoms with Crippen LogP contribution in [0.25, 0.3) is 0 Å². The van der Waals surface area contributed by atoms with Gasteiger partial charge in [0.05, 0.1) is 0 Å². The third-order valence-corrected chi connectivity index (χ3v) is 4.34. The maximum Gasteiger partial charge on any atom is 0.243 e. The molecule has 1 aromatic rings. The number of likely N-dealkylation sites (tertiary alicyclic amines) is 1. The lowest BCUT2D eigenvalue weighted by atomic mass is 10.1. The lowest BCUT2D eigenvalue weighted by Crippen LogP contribution is -2.46. The van der Waals surface area contributed by atoms with E-state index in [2.05, 4.69) is 5.32 Å². The summed E-state index contributed by atoms with van der Waals surface area (Å²) in [5, 5.41) is 2.99. The van der Waals surface area contributed by atoms with E-state index in [1.54, 1.807) is 17.0 Å². The van der Waals surface area contributed by atoms with E-state index in [9.17, 15) is 14.0 Å². The molecule has 5 heteroatoms. The lowest BCUT2D eigenvalue weighted by Gasteiger charge is -2.24. The molecular weight excluding hydrogens is 283 g/mol. The monoisotopic (exact) mass is 304 g/mol. The summed E-state index contributed by atoms with van der Waals surface area (Å²) in [6.45, 7) is 0.658. The smallest absolute Gasteiger partial charge is 0.243 e. The quantitative estimate of drug-likeness (QED) is 0.905. The summed E-state index contributed by atoms with van der Waals surface area (Å²) in [5.74, 6) is -0.265. The van der Waals surface area contributed by atoms with E-state index in [0.29, 0.717) is 25.4 Å². The molecule has 0 aromatic heterocycles. The largest absolute Gasteiger partial charge is 0.352 e. The number of hydrogen-bond donors (Lipinski definition) is 1. The molecule has 0 radical (unpaired) electrons. The Morgan fingerprint density at radius 2 is 1.91 bits per heavy atom. The molecule has 1 N–H and O–H groups in total. The number of nitrogens with zero attached hydrogens (tertiary/aromatic N) is 1. The molecule has 1 saturated carbocycles. The van der Waals surface area contributed by atoms with Crippen LogP contribution in [-0.2, 0) is 16.0 Å². The summed E-state index contributed by atoms with van der Waals surface area (Å²) < 4.78 is 12.9. The molecule has 22 heavy (non-hydrogen) atoms. The first kappa shape index (κ1) is 15.0. The third-order valence-electron chi connectivity index (χ3n) is 4.34. The van der Waals surface area contributed by atoms with E-state index < -0.39 is 0 Å². The Morgan fingerprint density at radius 3 is 2.59 bits per heavy atom. The predicted octanol–water partition coefficient (Wildman–Crippen LogP) is 2.03. The second kappa shape index (κ2) is 6.46. The van der Waals surface area contributed by atoms with Crippen LogP contribution in [0.2, 0.25) is 0 Å².